The molecule has 0 bridgehead atoms. The van der Waals surface area contributed by atoms with Gasteiger partial charge >= 0.3 is 0 Å². The van der Waals surface area contributed by atoms with Gasteiger partial charge in [0.05, 0.1) is 4.47 Å². The lowest BCUT2D eigenvalue weighted by Crippen LogP contribution is -2.28. The highest BCUT2D eigenvalue weighted by molar-refractivity contribution is 9.10. The number of hydrogen-bond acceptors (Lipinski definition) is 2. The van der Waals surface area contributed by atoms with Gasteiger partial charge in [-0.1, -0.05) is 32.9 Å². The summed E-state index contributed by atoms with van der Waals surface area (Å²) in [5.74, 6) is 0.657. The minimum absolute atomic E-state index is 0.0531. The van der Waals surface area contributed by atoms with Crippen molar-refractivity contribution in [2.75, 3.05) is 5.75 Å². The van der Waals surface area contributed by atoms with Crippen LogP contribution in [-0.4, -0.2) is 16.5 Å². The number of thioether (sulfide) groups is 1. The molecule has 1 atom stereocenters. The van der Waals surface area contributed by atoms with Gasteiger partial charge in [0.2, 0.25) is 0 Å². The lowest BCUT2D eigenvalue weighted by Gasteiger charge is -2.21. The van der Waals surface area contributed by atoms with E-state index in [9.17, 15) is 4.39 Å². The Bertz CT molecular complexity index is 376. The van der Waals surface area contributed by atoms with Crippen LogP contribution in [0, 0.1) is 5.82 Å². The smallest absolute Gasteiger partial charge is 0.137 e. The highest BCUT2D eigenvalue weighted by Crippen LogP contribution is 2.26. The third-order valence-corrected chi connectivity index (χ3v) is 4.59. The fraction of sp³-hybridized carbons (Fsp3) is 0.538. The van der Waals surface area contributed by atoms with Gasteiger partial charge in [0.15, 0.2) is 0 Å². The Morgan fingerprint density at radius 2 is 2.06 bits per heavy atom. The van der Waals surface area contributed by atoms with Gasteiger partial charge in [-0.05, 0) is 34.0 Å². The molecule has 0 radical (unpaired) electrons. The fourth-order valence-corrected chi connectivity index (χ4v) is 2.66. The summed E-state index contributed by atoms with van der Waals surface area (Å²) in [5, 5.41) is 0. The Morgan fingerprint density at radius 3 is 2.65 bits per heavy atom. The first-order valence-electron chi connectivity index (χ1n) is 5.62. The predicted octanol–water partition coefficient (Wildman–Crippen LogP) is 3.99. The van der Waals surface area contributed by atoms with Crippen molar-refractivity contribution in [3.05, 3.63) is 34.1 Å². The van der Waals surface area contributed by atoms with Gasteiger partial charge in [-0.25, -0.2) is 4.39 Å². The molecule has 17 heavy (non-hydrogen) atoms. The summed E-state index contributed by atoms with van der Waals surface area (Å²) in [6.45, 7) is 6.51. The fourth-order valence-electron chi connectivity index (χ4n) is 1.40. The first kappa shape index (κ1) is 15.0. The van der Waals surface area contributed by atoms with Gasteiger partial charge in [-0.2, -0.15) is 11.8 Å². The molecule has 0 saturated carbocycles. The highest BCUT2D eigenvalue weighted by Gasteiger charge is 2.15. The average Bonchev–Trinajstić information content (AvgIpc) is 2.21. The van der Waals surface area contributed by atoms with E-state index in [1.165, 1.54) is 6.07 Å². The van der Waals surface area contributed by atoms with Crippen LogP contribution in [0.1, 0.15) is 26.3 Å². The molecular formula is C13H19BrFNS. The normalized spacial score (nSPS) is 13.8. The molecule has 0 spiro atoms. The minimum Gasteiger partial charge on any atom is -0.327 e. The van der Waals surface area contributed by atoms with Gasteiger partial charge < -0.3 is 5.73 Å². The molecule has 2 N–H and O–H groups in total. The van der Waals surface area contributed by atoms with Crippen LogP contribution < -0.4 is 5.73 Å². The summed E-state index contributed by atoms with van der Waals surface area (Å²) in [7, 11) is 0. The summed E-state index contributed by atoms with van der Waals surface area (Å²) in [4.78, 5) is 0. The summed E-state index contributed by atoms with van der Waals surface area (Å²) < 4.78 is 14.1. The van der Waals surface area contributed by atoms with Gasteiger partial charge in [-0.3, -0.25) is 0 Å². The highest BCUT2D eigenvalue weighted by atomic mass is 79.9. The van der Waals surface area contributed by atoms with Gasteiger partial charge in [0, 0.05) is 16.5 Å². The molecule has 1 unspecified atom stereocenters. The molecule has 0 aromatic heterocycles. The number of nitrogens with two attached hydrogens (primary N) is 1. The number of benzene rings is 1. The summed E-state index contributed by atoms with van der Waals surface area (Å²) in [5.41, 5.74) is 7.00. The molecule has 1 rings (SSSR count). The third kappa shape index (κ3) is 5.40. The Kier molecular flexibility index (Phi) is 5.48. The van der Waals surface area contributed by atoms with Crippen LogP contribution in [0.5, 0.6) is 0 Å². The van der Waals surface area contributed by atoms with E-state index in [0.29, 0.717) is 10.9 Å². The maximum atomic E-state index is 13.3. The maximum absolute atomic E-state index is 13.3. The first-order chi connectivity index (χ1) is 7.79. The molecule has 1 aromatic carbocycles. The molecule has 4 heteroatoms. The second kappa shape index (κ2) is 6.21. The molecule has 96 valence electrons. The number of halogens is 2. The standard InChI is InChI=1S/C13H19BrFNS/c1-13(2,3)17-8-10(16)7-9-5-4-6-11(15)12(9)14/h4-6,10H,7-8,16H2,1-3H3. The lowest BCUT2D eigenvalue weighted by molar-refractivity contribution is 0.615. The van der Waals surface area contributed by atoms with E-state index >= 15 is 0 Å². The predicted molar refractivity (Wildman–Crippen MR) is 78.0 cm³/mol. The Balaban J connectivity index is 2.56. The van der Waals surface area contributed by atoms with E-state index in [0.717, 1.165) is 11.3 Å². The van der Waals surface area contributed by atoms with E-state index in [1.807, 2.05) is 17.8 Å². The van der Waals surface area contributed by atoms with E-state index in [2.05, 4.69) is 36.7 Å². The van der Waals surface area contributed by atoms with Crippen LogP contribution >= 0.6 is 27.7 Å². The van der Waals surface area contributed by atoms with Crippen LogP contribution in [0.2, 0.25) is 0 Å². The van der Waals surface area contributed by atoms with Crippen molar-refractivity contribution >= 4 is 27.7 Å². The topological polar surface area (TPSA) is 26.0 Å². The Morgan fingerprint density at radius 1 is 1.41 bits per heavy atom. The van der Waals surface area contributed by atoms with E-state index < -0.39 is 0 Å². The quantitative estimate of drug-likeness (QED) is 0.908. The van der Waals surface area contributed by atoms with Crippen molar-refractivity contribution in [3.63, 3.8) is 0 Å². The van der Waals surface area contributed by atoms with Crippen LogP contribution in [0.15, 0.2) is 22.7 Å². The van der Waals surface area contributed by atoms with Gasteiger partial charge in [0.25, 0.3) is 0 Å². The summed E-state index contributed by atoms with van der Waals surface area (Å²) in [6, 6.07) is 5.13. The van der Waals surface area contributed by atoms with Crippen LogP contribution in [-0.2, 0) is 6.42 Å². The molecule has 1 aromatic rings. The van der Waals surface area contributed by atoms with E-state index in [-0.39, 0.29) is 16.6 Å². The largest absolute Gasteiger partial charge is 0.327 e. The van der Waals surface area contributed by atoms with Crippen molar-refractivity contribution in [3.8, 4) is 0 Å². The average molecular weight is 320 g/mol. The van der Waals surface area contributed by atoms with Crippen molar-refractivity contribution in [1.29, 1.82) is 0 Å². The molecule has 0 aliphatic carbocycles. The third-order valence-electron chi connectivity index (χ3n) is 2.24. The summed E-state index contributed by atoms with van der Waals surface area (Å²) >= 11 is 5.10. The minimum atomic E-state index is -0.224. The molecule has 1 nitrogen and oxygen atoms in total. The molecule has 0 aliphatic rings. The molecular weight excluding hydrogens is 301 g/mol. The number of rotatable bonds is 4. The van der Waals surface area contributed by atoms with Crippen LogP contribution in [0.25, 0.3) is 0 Å². The summed E-state index contributed by atoms with van der Waals surface area (Å²) in [6.07, 6.45) is 0.696. The van der Waals surface area contributed by atoms with Crippen molar-refractivity contribution in [2.24, 2.45) is 5.73 Å². The molecule has 0 fully saturated rings. The second-order valence-electron chi connectivity index (χ2n) is 5.10. The second-order valence-corrected chi connectivity index (χ2v) is 7.74. The Hall–Kier alpha value is -0.0600. The number of hydrogen-bond donors (Lipinski definition) is 1. The van der Waals surface area contributed by atoms with Crippen molar-refractivity contribution in [2.45, 2.75) is 38.0 Å². The first-order valence-corrected chi connectivity index (χ1v) is 7.40. The zero-order chi connectivity index (χ0) is 13.1. The molecule has 0 aliphatic heterocycles. The van der Waals surface area contributed by atoms with Crippen LogP contribution in [0.3, 0.4) is 0 Å². The van der Waals surface area contributed by atoms with E-state index in [1.54, 1.807) is 6.07 Å². The SMILES string of the molecule is CC(C)(C)SCC(N)Cc1cccc(F)c1Br. The van der Waals surface area contributed by atoms with E-state index in [4.69, 9.17) is 5.73 Å². The molecule has 0 saturated heterocycles. The maximum Gasteiger partial charge on any atom is 0.137 e. The molecule has 0 heterocycles. The van der Waals surface area contributed by atoms with Gasteiger partial charge in [-0.15, -0.1) is 0 Å². The van der Waals surface area contributed by atoms with Gasteiger partial charge in [0.1, 0.15) is 5.82 Å². The monoisotopic (exact) mass is 319 g/mol. The lowest BCUT2D eigenvalue weighted by atomic mass is 10.1. The van der Waals surface area contributed by atoms with Crippen LogP contribution in [0.4, 0.5) is 4.39 Å². The zero-order valence-corrected chi connectivity index (χ0v) is 12.9. The Labute approximate surface area is 115 Å². The molecule has 0 amide bonds. The zero-order valence-electron chi connectivity index (χ0n) is 10.5. The van der Waals surface area contributed by atoms with Crippen molar-refractivity contribution < 1.29 is 4.39 Å². The van der Waals surface area contributed by atoms with Crippen molar-refractivity contribution in [1.82, 2.24) is 0 Å².